The number of aliphatic carboxylic acids is 2. The largest absolute Gasteiger partial charge is 0.481 e. The summed E-state index contributed by atoms with van der Waals surface area (Å²) >= 11 is 1.39. The Kier molecular flexibility index (Phi) is 18.7. The molecule has 0 aliphatic rings. The van der Waals surface area contributed by atoms with Crippen molar-refractivity contribution >= 4 is 53.2 Å². The molecule has 3 rings (SSSR count). The first-order valence-electron chi connectivity index (χ1n) is 18.4. The SMILES string of the molecule is CSCC[C@H](NC(=O)[C@H](Cc1cnc[nH]1)NC(=O)[C@H](CCC(=O)O)NC(=O)[C@H](CC(C)C)NC(=O)[C@H](Cc1ccccc1)NC(=O)[C@@H](N)Cc1cnc[nH]1)C(=O)O. The van der Waals surface area contributed by atoms with Crippen molar-refractivity contribution in [2.45, 2.75) is 95.0 Å². The highest BCUT2D eigenvalue weighted by Gasteiger charge is 2.34. The highest BCUT2D eigenvalue weighted by Crippen LogP contribution is 2.11. The van der Waals surface area contributed by atoms with Gasteiger partial charge in [0, 0.05) is 49.5 Å². The van der Waals surface area contributed by atoms with E-state index in [1.165, 1.54) is 36.8 Å². The summed E-state index contributed by atoms with van der Waals surface area (Å²) in [6, 6.07) is 1.32. The van der Waals surface area contributed by atoms with Gasteiger partial charge in [-0.25, -0.2) is 14.8 Å². The molecule has 0 bridgehead atoms. The van der Waals surface area contributed by atoms with Crippen molar-refractivity contribution in [3.05, 3.63) is 72.3 Å². The van der Waals surface area contributed by atoms with E-state index < -0.39 is 84.1 Å². The average molecular weight is 813 g/mol. The molecule has 0 spiro atoms. The van der Waals surface area contributed by atoms with Crippen LogP contribution >= 0.6 is 11.8 Å². The number of nitrogens with two attached hydrogens (primary N) is 1. The Labute approximate surface area is 333 Å². The molecule has 0 unspecified atom stereocenters. The molecule has 3 aromatic rings. The molecule has 5 amide bonds. The van der Waals surface area contributed by atoms with Crippen molar-refractivity contribution in [1.29, 1.82) is 0 Å². The Morgan fingerprint density at radius 3 is 1.74 bits per heavy atom. The fraction of sp³-hybridized carbons (Fsp3) is 0.486. The van der Waals surface area contributed by atoms with Gasteiger partial charge < -0.3 is 52.5 Å². The molecule has 11 N–H and O–H groups in total. The van der Waals surface area contributed by atoms with E-state index in [9.17, 15) is 43.8 Å². The summed E-state index contributed by atoms with van der Waals surface area (Å²) in [5, 5.41) is 32.1. The van der Waals surface area contributed by atoms with Crippen LogP contribution in [0.4, 0.5) is 0 Å². The van der Waals surface area contributed by atoms with E-state index in [4.69, 9.17) is 5.73 Å². The second kappa shape index (κ2) is 23.3. The van der Waals surface area contributed by atoms with Gasteiger partial charge >= 0.3 is 11.9 Å². The average Bonchev–Trinajstić information content (AvgIpc) is 3.88. The first kappa shape index (κ1) is 45.6. The van der Waals surface area contributed by atoms with Crippen LogP contribution in [0.5, 0.6) is 0 Å². The molecular formula is C37H52N10O9S. The van der Waals surface area contributed by atoms with E-state index in [1.54, 1.807) is 50.4 Å². The normalized spacial score (nSPS) is 14.3. The molecule has 19 nitrogen and oxygen atoms in total. The van der Waals surface area contributed by atoms with Gasteiger partial charge in [-0.15, -0.1) is 0 Å². The quantitative estimate of drug-likeness (QED) is 0.0525. The van der Waals surface area contributed by atoms with Crippen LogP contribution in [0.3, 0.4) is 0 Å². The topological polar surface area (TPSA) is 303 Å². The number of H-pyrrole nitrogens is 2. The second-order valence-corrected chi connectivity index (χ2v) is 14.8. The van der Waals surface area contributed by atoms with E-state index in [1.807, 2.05) is 0 Å². The van der Waals surface area contributed by atoms with Crippen LogP contribution in [0.15, 0.2) is 55.4 Å². The van der Waals surface area contributed by atoms with Crippen molar-refractivity contribution < 1.29 is 43.8 Å². The fourth-order valence-electron chi connectivity index (χ4n) is 5.71. The maximum Gasteiger partial charge on any atom is 0.326 e. The number of carboxylic acid groups (broad SMARTS) is 2. The summed E-state index contributed by atoms with van der Waals surface area (Å²) in [6.45, 7) is 3.61. The molecule has 0 aliphatic heterocycles. The minimum absolute atomic E-state index is 0.0503. The van der Waals surface area contributed by atoms with E-state index >= 15 is 0 Å². The molecule has 310 valence electrons. The number of carboxylic acids is 2. The number of carbonyl (C=O) groups is 7. The Hall–Kier alpha value is -5.76. The molecule has 0 radical (unpaired) electrons. The van der Waals surface area contributed by atoms with Crippen molar-refractivity contribution in [3.8, 4) is 0 Å². The number of thioether (sulfide) groups is 1. The number of carbonyl (C=O) groups excluding carboxylic acids is 5. The Balaban J connectivity index is 1.84. The molecule has 2 aromatic heterocycles. The van der Waals surface area contributed by atoms with Crippen LogP contribution in [0, 0.1) is 5.92 Å². The van der Waals surface area contributed by atoms with Gasteiger partial charge in [0.15, 0.2) is 0 Å². The molecule has 2 heterocycles. The van der Waals surface area contributed by atoms with Crippen molar-refractivity contribution in [3.63, 3.8) is 0 Å². The van der Waals surface area contributed by atoms with E-state index in [-0.39, 0.29) is 44.4 Å². The van der Waals surface area contributed by atoms with E-state index in [2.05, 4.69) is 46.5 Å². The smallest absolute Gasteiger partial charge is 0.326 e. The van der Waals surface area contributed by atoms with Crippen molar-refractivity contribution in [2.75, 3.05) is 12.0 Å². The lowest BCUT2D eigenvalue weighted by Crippen LogP contribution is -2.60. The van der Waals surface area contributed by atoms with Crippen LogP contribution in [-0.2, 0) is 52.8 Å². The molecule has 0 aliphatic carbocycles. The van der Waals surface area contributed by atoms with Gasteiger partial charge in [-0.3, -0.25) is 28.8 Å². The molecule has 57 heavy (non-hydrogen) atoms. The van der Waals surface area contributed by atoms with Crippen LogP contribution in [0.1, 0.15) is 56.5 Å². The minimum Gasteiger partial charge on any atom is -0.481 e. The predicted octanol–water partition coefficient (Wildman–Crippen LogP) is -0.339. The molecule has 0 saturated carbocycles. The van der Waals surface area contributed by atoms with Crippen LogP contribution in [0.25, 0.3) is 0 Å². The monoisotopic (exact) mass is 812 g/mol. The van der Waals surface area contributed by atoms with Crippen LogP contribution in [0.2, 0.25) is 0 Å². The number of aromatic amines is 2. The first-order chi connectivity index (χ1) is 27.2. The summed E-state index contributed by atoms with van der Waals surface area (Å²) < 4.78 is 0. The van der Waals surface area contributed by atoms with Gasteiger partial charge in [0.05, 0.1) is 18.7 Å². The highest BCUT2D eigenvalue weighted by atomic mass is 32.2. The Morgan fingerprint density at radius 2 is 1.19 bits per heavy atom. The lowest BCUT2D eigenvalue weighted by Gasteiger charge is -2.27. The molecule has 1 aromatic carbocycles. The zero-order chi connectivity index (χ0) is 41.9. The predicted molar refractivity (Wildman–Crippen MR) is 209 cm³/mol. The number of imidazole rings is 2. The summed E-state index contributed by atoms with van der Waals surface area (Å²) in [6.07, 6.45) is 6.82. The lowest BCUT2D eigenvalue weighted by atomic mass is 10.00. The number of amides is 5. The van der Waals surface area contributed by atoms with Crippen LogP contribution in [-0.4, -0.2) is 120 Å². The summed E-state index contributed by atoms with van der Waals surface area (Å²) in [7, 11) is 0. The zero-order valence-corrected chi connectivity index (χ0v) is 32.8. The molecule has 6 atom stereocenters. The van der Waals surface area contributed by atoms with Crippen LogP contribution < -0.4 is 32.3 Å². The van der Waals surface area contributed by atoms with Gasteiger partial charge in [-0.05, 0) is 42.8 Å². The fourth-order valence-corrected chi connectivity index (χ4v) is 6.18. The number of hydrogen-bond acceptors (Lipinski definition) is 11. The van der Waals surface area contributed by atoms with E-state index in [0.29, 0.717) is 22.7 Å². The highest BCUT2D eigenvalue weighted by molar-refractivity contribution is 7.98. The number of nitrogens with zero attached hydrogens (tertiary/aromatic N) is 2. The van der Waals surface area contributed by atoms with Gasteiger partial charge in [-0.1, -0.05) is 44.2 Å². The maximum atomic E-state index is 13.9. The number of aromatic nitrogens is 4. The Bertz CT molecular complexity index is 1760. The van der Waals surface area contributed by atoms with Crippen molar-refractivity contribution in [2.24, 2.45) is 11.7 Å². The number of nitrogens with one attached hydrogen (secondary N) is 7. The molecular weight excluding hydrogens is 761 g/mol. The van der Waals surface area contributed by atoms with Gasteiger partial charge in [-0.2, -0.15) is 11.8 Å². The molecule has 0 saturated heterocycles. The molecule has 20 heteroatoms. The van der Waals surface area contributed by atoms with E-state index in [0.717, 1.165) is 0 Å². The third-order valence-electron chi connectivity index (χ3n) is 8.70. The Morgan fingerprint density at radius 1 is 0.684 bits per heavy atom. The standard InChI is InChI=1S/C37H52N10O9S/c1-21(2)13-28(46-35(53)29(14-22-7-5-4-6-8-22)45-32(50)25(38)15-23-17-39-19-41-23)34(52)43-26(9-10-31(48)49)33(51)47-30(16-24-18-40-20-42-24)36(54)44-27(37(55)56)11-12-57-3/h4-8,17-21,25-30H,9-16,38H2,1-3H3,(H,39,41)(H,40,42)(H,43,52)(H,44,54)(H,45,50)(H,46,53)(H,47,51)(H,48,49)(H,55,56)/t25-,26-,27-,28-,29-,30-/m0/s1. The molecule has 0 fully saturated rings. The first-order valence-corrected chi connectivity index (χ1v) is 19.8. The number of rotatable bonds is 25. The third-order valence-corrected chi connectivity index (χ3v) is 9.35. The van der Waals surface area contributed by atoms with Gasteiger partial charge in [0.25, 0.3) is 0 Å². The summed E-state index contributed by atoms with van der Waals surface area (Å²) in [4.78, 5) is 105. The number of hydrogen-bond donors (Lipinski definition) is 10. The third kappa shape index (κ3) is 16.1. The minimum atomic E-state index is -1.50. The second-order valence-electron chi connectivity index (χ2n) is 13.8. The maximum absolute atomic E-state index is 13.9. The summed E-state index contributed by atoms with van der Waals surface area (Å²) in [5.74, 6) is -6.14. The van der Waals surface area contributed by atoms with Gasteiger partial charge in [0.2, 0.25) is 29.5 Å². The lowest BCUT2D eigenvalue weighted by molar-refractivity contribution is -0.142. The zero-order valence-electron chi connectivity index (χ0n) is 32.0. The summed E-state index contributed by atoms with van der Waals surface area (Å²) in [5.41, 5.74) is 7.90. The van der Waals surface area contributed by atoms with Gasteiger partial charge in [0.1, 0.15) is 30.2 Å². The van der Waals surface area contributed by atoms with Crippen molar-refractivity contribution in [1.82, 2.24) is 46.5 Å². The number of benzene rings is 1.